The topological polar surface area (TPSA) is 47.6 Å². The van der Waals surface area contributed by atoms with E-state index in [9.17, 15) is 13.6 Å². The van der Waals surface area contributed by atoms with E-state index >= 15 is 0 Å². The zero-order valence-electron chi connectivity index (χ0n) is 14.4. The Morgan fingerprint density at radius 3 is 2.64 bits per heavy atom. The highest BCUT2D eigenvalue weighted by molar-refractivity contribution is 7.14. The second kappa shape index (κ2) is 8.80. The van der Waals surface area contributed by atoms with E-state index in [1.54, 1.807) is 12.1 Å². The maximum Gasteiger partial charge on any atom is 0.387 e. The second-order valence-electron chi connectivity index (χ2n) is 5.42. The van der Waals surface area contributed by atoms with Crippen LogP contribution in [-0.2, 0) is 12.8 Å². The number of hydrogen-bond donors (Lipinski definition) is 1. The molecule has 0 aliphatic rings. The molecule has 0 aliphatic heterocycles. The van der Waals surface area contributed by atoms with Crippen molar-refractivity contribution in [3.63, 3.8) is 0 Å². The maximum absolute atomic E-state index is 12.4. The van der Waals surface area contributed by atoms with Gasteiger partial charge in [0.05, 0.1) is 12.0 Å². The van der Waals surface area contributed by atoms with E-state index in [0.717, 1.165) is 16.9 Å². The number of amides is 1. The first kappa shape index (κ1) is 19.2. The molecule has 0 saturated carbocycles. The van der Waals surface area contributed by atoms with Gasteiger partial charge in [-0.1, -0.05) is 13.0 Å². The third-order valence-corrected chi connectivity index (χ3v) is 4.86. The van der Waals surface area contributed by atoms with Gasteiger partial charge >= 0.3 is 6.61 Å². The maximum atomic E-state index is 12.4. The summed E-state index contributed by atoms with van der Waals surface area (Å²) in [4.78, 5) is 14.0. The normalized spacial score (nSPS) is 10.8. The third-order valence-electron chi connectivity index (χ3n) is 3.77. The third kappa shape index (κ3) is 5.16. The summed E-state index contributed by atoms with van der Waals surface area (Å²) >= 11 is 1.48. The molecule has 25 heavy (non-hydrogen) atoms. The number of rotatable bonds is 8. The molecular weight excluding hydrogens is 348 g/mol. The molecule has 0 bridgehead atoms. The number of nitrogens with one attached hydrogen (secondary N) is 1. The number of ether oxygens (including phenoxy) is 2. The lowest BCUT2D eigenvalue weighted by Crippen LogP contribution is -2.24. The second-order valence-corrected chi connectivity index (χ2v) is 6.67. The van der Waals surface area contributed by atoms with Gasteiger partial charge in [0, 0.05) is 11.4 Å². The first-order valence-corrected chi connectivity index (χ1v) is 8.75. The van der Waals surface area contributed by atoms with Crippen LogP contribution in [0.15, 0.2) is 24.3 Å². The minimum absolute atomic E-state index is 0.0113. The molecule has 136 valence electrons. The van der Waals surface area contributed by atoms with Crippen molar-refractivity contribution in [1.29, 1.82) is 0 Å². The summed E-state index contributed by atoms with van der Waals surface area (Å²) < 4.78 is 34.3. The minimum Gasteiger partial charge on any atom is -0.493 e. The Balaban J connectivity index is 1.95. The van der Waals surface area contributed by atoms with Gasteiger partial charge in [-0.2, -0.15) is 8.78 Å². The lowest BCUT2D eigenvalue weighted by molar-refractivity contribution is -0.0512. The lowest BCUT2D eigenvalue weighted by Gasteiger charge is -2.11. The van der Waals surface area contributed by atoms with E-state index in [4.69, 9.17) is 4.74 Å². The highest BCUT2D eigenvalue weighted by Gasteiger charge is 2.13. The van der Waals surface area contributed by atoms with E-state index in [-0.39, 0.29) is 17.4 Å². The molecule has 0 fully saturated rings. The largest absolute Gasteiger partial charge is 0.493 e. The SMILES string of the molecule is CCc1cc(C(=O)NCCc2ccc(OC)c(OC(F)F)c2)sc1C. The highest BCUT2D eigenvalue weighted by Crippen LogP contribution is 2.29. The van der Waals surface area contributed by atoms with Crippen LogP contribution in [0.4, 0.5) is 8.78 Å². The average molecular weight is 369 g/mol. The van der Waals surface area contributed by atoms with E-state index in [1.165, 1.54) is 30.1 Å². The fourth-order valence-electron chi connectivity index (χ4n) is 2.45. The first-order valence-electron chi connectivity index (χ1n) is 7.93. The zero-order valence-corrected chi connectivity index (χ0v) is 15.2. The fourth-order valence-corrected chi connectivity index (χ4v) is 3.49. The van der Waals surface area contributed by atoms with Crippen LogP contribution in [0.25, 0.3) is 0 Å². The molecule has 1 aromatic heterocycles. The van der Waals surface area contributed by atoms with Crippen molar-refractivity contribution in [3.05, 3.63) is 45.1 Å². The predicted molar refractivity (Wildman–Crippen MR) is 94.1 cm³/mol. The number of thiophene rings is 1. The van der Waals surface area contributed by atoms with Crippen molar-refractivity contribution in [2.24, 2.45) is 0 Å². The Hall–Kier alpha value is -2.15. The van der Waals surface area contributed by atoms with Crippen LogP contribution >= 0.6 is 11.3 Å². The van der Waals surface area contributed by atoms with Crippen LogP contribution in [0, 0.1) is 6.92 Å². The number of aryl methyl sites for hydroxylation is 2. The fraction of sp³-hybridized carbons (Fsp3) is 0.389. The minimum atomic E-state index is -2.92. The molecule has 4 nitrogen and oxygen atoms in total. The quantitative estimate of drug-likeness (QED) is 0.759. The Labute approximate surface area is 149 Å². The average Bonchev–Trinajstić information content (AvgIpc) is 2.95. The molecular formula is C18H21F2NO3S. The van der Waals surface area contributed by atoms with E-state index < -0.39 is 6.61 Å². The van der Waals surface area contributed by atoms with Crippen molar-refractivity contribution in [3.8, 4) is 11.5 Å². The highest BCUT2D eigenvalue weighted by atomic mass is 32.1. The Bertz CT molecular complexity index is 731. The van der Waals surface area contributed by atoms with Crippen molar-refractivity contribution in [2.75, 3.05) is 13.7 Å². The monoisotopic (exact) mass is 369 g/mol. The predicted octanol–water partition coefficient (Wildman–Crippen LogP) is 4.20. The van der Waals surface area contributed by atoms with Gasteiger partial charge in [0.2, 0.25) is 0 Å². The molecule has 2 rings (SSSR count). The molecule has 2 aromatic rings. The van der Waals surface area contributed by atoms with Gasteiger partial charge in [-0.3, -0.25) is 4.79 Å². The molecule has 1 aromatic carbocycles. The van der Waals surface area contributed by atoms with Gasteiger partial charge < -0.3 is 14.8 Å². The van der Waals surface area contributed by atoms with E-state index in [1.807, 2.05) is 13.0 Å². The summed E-state index contributed by atoms with van der Waals surface area (Å²) in [6.45, 7) is 1.54. The van der Waals surface area contributed by atoms with Gasteiger partial charge in [-0.15, -0.1) is 11.3 Å². The van der Waals surface area contributed by atoms with Gasteiger partial charge in [-0.25, -0.2) is 0 Å². The van der Waals surface area contributed by atoms with Crippen molar-refractivity contribution in [2.45, 2.75) is 33.3 Å². The van der Waals surface area contributed by atoms with Crippen LogP contribution < -0.4 is 14.8 Å². The molecule has 7 heteroatoms. The Morgan fingerprint density at radius 1 is 1.28 bits per heavy atom. The summed E-state index contributed by atoms with van der Waals surface area (Å²) in [5, 5.41) is 2.85. The van der Waals surface area contributed by atoms with Crippen LogP contribution in [0.1, 0.15) is 32.6 Å². The summed E-state index contributed by atoms with van der Waals surface area (Å²) in [6.07, 6.45) is 1.40. The summed E-state index contributed by atoms with van der Waals surface area (Å²) in [6, 6.07) is 6.75. The lowest BCUT2D eigenvalue weighted by atomic mass is 10.1. The molecule has 1 heterocycles. The number of alkyl halides is 2. The van der Waals surface area contributed by atoms with Gasteiger partial charge in [0.25, 0.3) is 5.91 Å². The standard InChI is InChI=1S/C18H21F2NO3S/c1-4-13-10-16(25-11(13)2)17(22)21-8-7-12-5-6-14(23-3)15(9-12)24-18(19)20/h5-6,9-10,18H,4,7-8H2,1-3H3,(H,21,22). The Kier molecular flexibility index (Phi) is 6.75. The Morgan fingerprint density at radius 2 is 2.04 bits per heavy atom. The molecule has 1 amide bonds. The van der Waals surface area contributed by atoms with Crippen LogP contribution in [0.2, 0.25) is 0 Å². The molecule has 0 aliphatic carbocycles. The van der Waals surface area contributed by atoms with Crippen LogP contribution in [0.3, 0.4) is 0 Å². The number of halogens is 2. The molecule has 0 saturated heterocycles. The van der Waals surface area contributed by atoms with Gasteiger partial charge in [0.1, 0.15) is 0 Å². The van der Waals surface area contributed by atoms with Crippen molar-refractivity contribution in [1.82, 2.24) is 5.32 Å². The van der Waals surface area contributed by atoms with E-state index in [2.05, 4.69) is 17.0 Å². The van der Waals surface area contributed by atoms with Gasteiger partial charge in [0.15, 0.2) is 11.5 Å². The molecule has 0 atom stereocenters. The summed E-state index contributed by atoms with van der Waals surface area (Å²) in [7, 11) is 1.39. The molecule has 0 unspecified atom stereocenters. The first-order chi connectivity index (χ1) is 11.9. The van der Waals surface area contributed by atoms with Crippen LogP contribution in [0.5, 0.6) is 11.5 Å². The molecule has 0 radical (unpaired) electrons. The van der Waals surface area contributed by atoms with Crippen molar-refractivity contribution < 1.29 is 23.0 Å². The van der Waals surface area contributed by atoms with Crippen molar-refractivity contribution >= 4 is 17.2 Å². The molecule has 0 spiro atoms. The number of hydrogen-bond acceptors (Lipinski definition) is 4. The summed E-state index contributed by atoms with van der Waals surface area (Å²) in [5.41, 5.74) is 1.95. The summed E-state index contributed by atoms with van der Waals surface area (Å²) in [5.74, 6) is 0.113. The molecule has 1 N–H and O–H groups in total. The van der Waals surface area contributed by atoms with E-state index in [0.29, 0.717) is 17.8 Å². The smallest absolute Gasteiger partial charge is 0.387 e. The zero-order chi connectivity index (χ0) is 18.4. The van der Waals surface area contributed by atoms with Crippen LogP contribution in [-0.4, -0.2) is 26.2 Å². The number of benzene rings is 1. The number of methoxy groups -OCH3 is 1. The number of carbonyl (C=O) groups is 1. The number of carbonyl (C=O) groups excluding carboxylic acids is 1. The van der Waals surface area contributed by atoms with Gasteiger partial charge in [-0.05, 0) is 49.1 Å².